The zero-order valence-electron chi connectivity index (χ0n) is 13.8. The molecular weight excluding hydrogens is 392 g/mol. The average Bonchev–Trinajstić information content (AvgIpc) is 2.62. The highest BCUT2D eigenvalue weighted by molar-refractivity contribution is 9.10. The van der Waals surface area contributed by atoms with E-state index in [1.54, 1.807) is 36.4 Å². The van der Waals surface area contributed by atoms with E-state index in [9.17, 15) is 9.59 Å². The summed E-state index contributed by atoms with van der Waals surface area (Å²) >= 11 is 3.31. The molecule has 2 aromatic carbocycles. The van der Waals surface area contributed by atoms with Crippen LogP contribution < -0.4 is 9.47 Å². The first-order valence-corrected chi connectivity index (χ1v) is 8.16. The van der Waals surface area contributed by atoms with E-state index < -0.39 is 11.9 Å². The first-order valence-electron chi connectivity index (χ1n) is 7.37. The standard InChI is InChI=1S/C18H17BrO6/c1-22-8-9-24-17(20)12-4-3-5-14(10-12)25-18(21)15-11-13(19)6-7-16(15)23-2/h3-7,10-11H,8-9H2,1-2H3. The third kappa shape index (κ3) is 5.30. The Morgan fingerprint density at radius 3 is 2.52 bits per heavy atom. The summed E-state index contributed by atoms with van der Waals surface area (Å²) in [6, 6.07) is 11.2. The number of hydrogen-bond acceptors (Lipinski definition) is 6. The zero-order chi connectivity index (χ0) is 18.2. The van der Waals surface area contributed by atoms with Gasteiger partial charge in [0.2, 0.25) is 0 Å². The molecule has 0 aliphatic carbocycles. The van der Waals surface area contributed by atoms with Gasteiger partial charge in [0, 0.05) is 11.6 Å². The average molecular weight is 409 g/mol. The number of benzene rings is 2. The summed E-state index contributed by atoms with van der Waals surface area (Å²) in [5.74, 6) is -0.491. The third-order valence-corrected chi connectivity index (χ3v) is 3.68. The fraction of sp³-hybridized carbons (Fsp3) is 0.222. The molecule has 0 aromatic heterocycles. The van der Waals surface area contributed by atoms with Crippen molar-refractivity contribution in [3.8, 4) is 11.5 Å². The quantitative estimate of drug-likeness (QED) is 0.396. The van der Waals surface area contributed by atoms with Gasteiger partial charge < -0.3 is 18.9 Å². The van der Waals surface area contributed by atoms with Gasteiger partial charge in [-0.1, -0.05) is 22.0 Å². The molecular formula is C18H17BrO6. The van der Waals surface area contributed by atoms with Gasteiger partial charge in [-0.05, 0) is 36.4 Å². The summed E-state index contributed by atoms with van der Waals surface area (Å²) < 4.78 is 21.1. The Morgan fingerprint density at radius 2 is 1.80 bits per heavy atom. The van der Waals surface area contributed by atoms with E-state index in [0.29, 0.717) is 12.4 Å². The summed E-state index contributed by atoms with van der Waals surface area (Å²) in [7, 11) is 2.99. The molecule has 7 heteroatoms. The Hall–Kier alpha value is -2.38. The number of methoxy groups -OCH3 is 2. The van der Waals surface area contributed by atoms with E-state index in [0.717, 1.165) is 4.47 Å². The molecule has 0 saturated carbocycles. The van der Waals surface area contributed by atoms with E-state index in [2.05, 4.69) is 15.9 Å². The van der Waals surface area contributed by atoms with Gasteiger partial charge >= 0.3 is 11.9 Å². The first-order chi connectivity index (χ1) is 12.0. The Balaban J connectivity index is 2.13. The number of halogens is 1. The van der Waals surface area contributed by atoms with Crippen molar-refractivity contribution >= 4 is 27.9 Å². The molecule has 132 valence electrons. The van der Waals surface area contributed by atoms with Crippen LogP contribution in [0, 0.1) is 0 Å². The maximum atomic E-state index is 12.4. The van der Waals surface area contributed by atoms with Crippen LogP contribution in [0.5, 0.6) is 11.5 Å². The van der Waals surface area contributed by atoms with Crippen molar-refractivity contribution in [2.24, 2.45) is 0 Å². The van der Waals surface area contributed by atoms with E-state index in [1.165, 1.54) is 20.3 Å². The van der Waals surface area contributed by atoms with Gasteiger partial charge in [-0.25, -0.2) is 9.59 Å². The highest BCUT2D eigenvalue weighted by Crippen LogP contribution is 2.25. The Labute approximate surface area is 153 Å². The van der Waals surface area contributed by atoms with Crippen LogP contribution in [-0.4, -0.2) is 39.4 Å². The van der Waals surface area contributed by atoms with Crippen LogP contribution in [0.1, 0.15) is 20.7 Å². The lowest BCUT2D eigenvalue weighted by Crippen LogP contribution is -2.12. The van der Waals surface area contributed by atoms with Crippen LogP contribution in [0.4, 0.5) is 0 Å². The summed E-state index contributed by atoms with van der Waals surface area (Å²) in [4.78, 5) is 24.3. The molecule has 6 nitrogen and oxygen atoms in total. The number of hydrogen-bond donors (Lipinski definition) is 0. The van der Waals surface area contributed by atoms with E-state index in [1.807, 2.05) is 0 Å². The van der Waals surface area contributed by atoms with Crippen LogP contribution in [0.3, 0.4) is 0 Å². The molecule has 25 heavy (non-hydrogen) atoms. The van der Waals surface area contributed by atoms with Gasteiger partial charge in [0.15, 0.2) is 0 Å². The number of esters is 2. The first kappa shape index (κ1) is 19.0. The van der Waals surface area contributed by atoms with E-state index >= 15 is 0 Å². The molecule has 0 unspecified atom stereocenters. The lowest BCUT2D eigenvalue weighted by atomic mass is 10.2. The van der Waals surface area contributed by atoms with Gasteiger partial charge in [0.1, 0.15) is 23.7 Å². The second-order valence-corrected chi connectivity index (χ2v) is 5.81. The SMILES string of the molecule is COCCOC(=O)c1cccc(OC(=O)c2cc(Br)ccc2OC)c1. The smallest absolute Gasteiger partial charge is 0.347 e. The molecule has 0 radical (unpaired) electrons. The molecule has 2 rings (SSSR count). The molecule has 0 heterocycles. The maximum absolute atomic E-state index is 12.4. The molecule has 0 aliphatic heterocycles. The molecule has 0 bridgehead atoms. The van der Waals surface area contributed by atoms with Gasteiger partial charge in [0.05, 0.1) is 19.3 Å². The molecule has 0 atom stereocenters. The van der Waals surface area contributed by atoms with Crippen LogP contribution in [0.2, 0.25) is 0 Å². The van der Waals surface area contributed by atoms with Gasteiger partial charge in [-0.15, -0.1) is 0 Å². The highest BCUT2D eigenvalue weighted by atomic mass is 79.9. The van der Waals surface area contributed by atoms with Crippen molar-refractivity contribution in [2.45, 2.75) is 0 Å². The largest absolute Gasteiger partial charge is 0.496 e. The maximum Gasteiger partial charge on any atom is 0.347 e. The Kier molecular flexibility index (Phi) is 6.97. The van der Waals surface area contributed by atoms with Crippen LogP contribution in [0.15, 0.2) is 46.9 Å². The number of ether oxygens (including phenoxy) is 4. The summed E-state index contributed by atoms with van der Waals surface area (Å²) in [6.07, 6.45) is 0. The summed E-state index contributed by atoms with van der Waals surface area (Å²) in [5.41, 5.74) is 0.549. The van der Waals surface area contributed by atoms with Crippen molar-refractivity contribution in [1.29, 1.82) is 0 Å². The summed E-state index contributed by atoms with van der Waals surface area (Å²) in [5, 5.41) is 0. The fourth-order valence-electron chi connectivity index (χ4n) is 1.99. The molecule has 0 aliphatic rings. The van der Waals surface area contributed by atoms with Crippen molar-refractivity contribution in [3.05, 3.63) is 58.1 Å². The number of rotatable bonds is 7. The topological polar surface area (TPSA) is 71.1 Å². The van der Waals surface area contributed by atoms with Crippen LogP contribution >= 0.6 is 15.9 Å². The molecule has 0 N–H and O–H groups in total. The molecule has 0 fully saturated rings. The lowest BCUT2D eigenvalue weighted by molar-refractivity contribution is 0.0387. The number of carbonyl (C=O) groups is 2. The molecule has 2 aromatic rings. The second-order valence-electron chi connectivity index (χ2n) is 4.89. The van der Waals surface area contributed by atoms with Gasteiger partial charge in [0.25, 0.3) is 0 Å². The third-order valence-electron chi connectivity index (χ3n) is 3.18. The minimum atomic E-state index is -0.594. The Bertz CT molecular complexity index is 759. The van der Waals surface area contributed by atoms with Crippen molar-refractivity contribution in [2.75, 3.05) is 27.4 Å². The van der Waals surface area contributed by atoms with Crippen molar-refractivity contribution < 1.29 is 28.5 Å². The minimum Gasteiger partial charge on any atom is -0.496 e. The fourth-order valence-corrected chi connectivity index (χ4v) is 2.35. The predicted octanol–water partition coefficient (Wildman–Crippen LogP) is 3.48. The monoisotopic (exact) mass is 408 g/mol. The normalized spacial score (nSPS) is 10.2. The van der Waals surface area contributed by atoms with Crippen molar-refractivity contribution in [1.82, 2.24) is 0 Å². The zero-order valence-corrected chi connectivity index (χ0v) is 15.4. The second kappa shape index (κ2) is 9.19. The summed E-state index contributed by atoms with van der Waals surface area (Å²) in [6.45, 7) is 0.456. The minimum absolute atomic E-state index is 0.147. The van der Waals surface area contributed by atoms with Crippen LogP contribution in [0.25, 0.3) is 0 Å². The molecule has 0 spiro atoms. The van der Waals surface area contributed by atoms with Crippen LogP contribution in [-0.2, 0) is 9.47 Å². The molecule has 0 amide bonds. The van der Waals surface area contributed by atoms with E-state index in [-0.39, 0.29) is 23.5 Å². The Morgan fingerprint density at radius 1 is 1.00 bits per heavy atom. The lowest BCUT2D eigenvalue weighted by Gasteiger charge is -2.10. The van der Waals surface area contributed by atoms with Crippen molar-refractivity contribution in [3.63, 3.8) is 0 Å². The van der Waals surface area contributed by atoms with E-state index in [4.69, 9.17) is 18.9 Å². The predicted molar refractivity (Wildman–Crippen MR) is 94.3 cm³/mol. The molecule has 0 saturated heterocycles. The number of carbonyl (C=O) groups excluding carboxylic acids is 2. The van der Waals surface area contributed by atoms with Gasteiger partial charge in [-0.3, -0.25) is 0 Å². The van der Waals surface area contributed by atoms with Gasteiger partial charge in [-0.2, -0.15) is 0 Å². The highest BCUT2D eigenvalue weighted by Gasteiger charge is 2.16.